The zero-order valence-corrected chi connectivity index (χ0v) is 13.8. The first-order chi connectivity index (χ1) is 9.61. The van der Waals surface area contributed by atoms with Crippen LogP contribution in [0.4, 0.5) is 0 Å². The summed E-state index contributed by atoms with van der Waals surface area (Å²) < 4.78 is 0. The van der Waals surface area contributed by atoms with Gasteiger partial charge in [-0.1, -0.05) is 30.1 Å². The zero-order valence-electron chi connectivity index (χ0n) is 11.5. The fraction of sp³-hybridized carbons (Fsp3) is 0.533. The van der Waals surface area contributed by atoms with Crippen molar-refractivity contribution < 1.29 is 0 Å². The molecule has 0 heterocycles. The van der Waals surface area contributed by atoms with Gasteiger partial charge in [0.25, 0.3) is 0 Å². The first kappa shape index (κ1) is 16.0. The van der Waals surface area contributed by atoms with E-state index < -0.39 is 5.54 Å². The Morgan fingerprint density at radius 3 is 2.80 bits per heavy atom. The molecule has 1 atom stereocenters. The standard InChI is InChI=1S/C15H18Cl2N2S/c1-2-7-19-15(9-18,11-3-4-11)10-20-14-8-12(16)5-6-13(14)17/h5-6,8,11,19H,2-4,7,10H2,1H3. The van der Waals surface area contributed by atoms with Crippen LogP contribution >= 0.6 is 35.0 Å². The lowest BCUT2D eigenvalue weighted by Crippen LogP contribution is -2.48. The second-order valence-corrected chi connectivity index (χ2v) is 7.01. The summed E-state index contributed by atoms with van der Waals surface area (Å²) >= 11 is 13.8. The van der Waals surface area contributed by atoms with Crippen LogP contribution in [0.2, 0.25) is 10.0 Å². The van der Waals surface area contributed by atoms with Crippen LogP contribution in [0.15, 0.2) is 23.1 Å². The van der Waals surface area contributed by atoms with E-state index in [2.05, 4.69) is 18.3 Å². The number of nitrogens with one attached hydrogen (secondary N) is 1. The molecule has 0 aliphatic heterocycles. The maximum Gasteiger partial charge on any atom is 0.119 e. The monoisotopic (exact) mass is 328 g/mol. The van der Waals surface area contributed by atoms with Gasteiger partial charge in [-0.15, -0.1) is 11.8 Å². The fourth-order valence-corrected chi connectivity index (χ4v) is 3.90. The third-order valence-electron chi connectivity index (χ3n) is 3.51. The third-order valence-corrected chi connectivity index (χ3v) is 5.44. The number of thioether (sulfide) groups is 1. The van der Waals surface area contributed by atoms with Crippen LogP contribution in [0.25, 0.3) is 0 Å². The Bertz CT molecular complexity index is 511. The fourth-order valence-electron chi connectivity index (χ4n) is 2.18. The van der Waals surface area contributed by atoms with Gasteiger partial charge in [-0.25, -0.2) is 0 Å². The van der Waals surface area contributed by atoms with Gasteiger partial charge in [-0.3, -0.25) is 5.32 Å². The maximum atomic E-state index is 9.63. The second kappa shape index (κ2) is 7.04. The Labute approximate surface area is 134 Å². The van der Waals surface area contributed by atoms with Crippen molar-refractivity contribution in [1.82, 2.24) is 5.32 Å². The Morgan fingerprint density at radius 2 is 2.20 bits per heavy atom. The van der Waals surface area contributed by atoms with E-state index in [1.54, 1.807) is 23.9 Å². The SMILES string of the molecule is CCCNC(C#N)(CSc1cc(Cl)ccc1Cl)C1CC1. The minimum atomic E-state index is -0.438. The molecule has 1 N–H and O–H groups in total. The number of halogens is 2. The number of benzene rings is 1. The number of hydrogen-bond donors (Lipinski definition) is 1. The lowest BCUT2D eigenvalue weighted by atomic mass is 9.97. The summed E-state index contributed by atoms with van der Waals surface area (Å²) in [6.45, 7) is 2.98. The summed E-state index contributed by atoms with van der Waals surface area (Å²) in [5.41, 5.74) is -0.438. The molecule has 0 radical (unpaired) electrons. The van der Waals surface area contributed by atoms with Crippen molar-refractivity contribution in [3.63, 3.8) is 0 Å². The number of nitrogens with zero attached hydrogens (tertiary/aromatic N) is 1. The predicted octanol–water partition coefficient (Wildman–Crippen LogP) is 4.76. The van der Waals surface area contributed by atoms with Crippen LogP contribution in [0, 0.1) is 17.2 Å². The van der Waals surface area contributed by atoms with Crippen molar-refractivity contribution in [1.29, 1.82) is 5.26 Å². The second-order valence-electron chi connectivity index (χ2n) is 5.15. The van der Waals surface area contributed by atoms with Gasteiger partial charge in [0.15, 0.2) is 0 Å². The Balaban J connectivity index is 2.08. The van der Waals surface area contributed by atoms with E-state index in [0.717, 1.165) is 30.7 Å². The molecule has 20 heavy (non-hydrogen) atoms. The molecular formula is C15H18Cl2N2S. The average molecular weight is 329 g/mol. The lowest BCUT2D eigenvalue weighted by molar-refractivity contribution is 0.406. The van der Waals surface area contributed by atoms with Gasteiger partial charge in [0.1, 0.15) is 5.54 Å². The van der Waals surface area contributed by atoms with Crippen molar-refractivity contribution in [3.8, 4) is 6.07 Å². The molecular weight excluding hydrogens is 311 g/mol. The zero-order chi connectivity index (χ0) is 14.6. The van der Waals surface area contributed by atoms with Crippen molar-refractivity contribution in [2.45, 2.75) is 36.6 Å². The van der Waals surface area contributed by atoms with E-state index in [1.165, 1.54) is 0 Å². The van der Waals surface area contributed by atoms with Crippen LogP contribution in [0.1, 0.15) is 26.2 Å². The maximum absolute atomic E-state index is 9.63. The van der Waals surface area contributed by atoms with Crippen molar-refractivity contribution in [3.05, 3.63) is 28.2 Å². The topological polar surface area (TPSA) is 35.8 Å². The minimum Gasteiger partial charge on any atom is -0.298 e. The summed E-state index contributed by atoms with van der Waals surface area (Å²) in [4.78, 5) is 0.942. The molecule has 2 rings (SSSR count). The van der Waals surface area contributed by atoms with Crippen LogP contribution in [0.5, 0.6) is 0 Å². The van der Waals surface area contributed by atoms with Gasteiger partial charge < -0.3 is 0 Å². The van der Waals surface area contributed by atoms with Crippen molar-refractivity contribution in [2.24, 2.45) is 5.92 Å². The highest BCUT2D eigenvalue weighted by atomic mass is 35.5. The first-order valence-corrected chi connectivity index (χ1v) is 8.59. The van der Waals surface area contributed by atoms with Gasteiger partial charge in [0.2, 0.25) is 0 Å². The molecule has 1 aliphatic carbocycles. The van der Waals surface area contributed by atoms with Gasteiger partial charge in [0, 0.05) is 15.7 Å². The minimum absolute atomic E-state index is 0.438. The van der Waals surface area contributed by atoms with E-state index in [4.69, 9.17) is 23.2 Å². The number of rotatable bonds is 7. The van der Waals surface area contributed by atoms with Gasteiger partial charge in [-0.2, -0.15) is 5.26 Å². The normalized spacial score (nSPS) is 17.5. The first-order valence-electron chi connectivity index (χ1n) is 6.85. The van der Waals surface area contributed by atoms with Gasteiger partial charge in [-0.05, 0) is 49.9 Å². The molecule has 0 bridgehead atoms. The van der Waals surface area contributed by atoms with Crippen LogP contribution in [0.3, 0.4) is 0 Å². The van der Waals surface area contributed by atoms with Gasteiger partial charge >= 0.3 is 0 Å². The molecule has 0 aromatic heterocycles. The van der Waals surface area contributed by atoms with Crippen LogP contribution in [-0.4, -0.2) is 17.8 Å². The van der Waals surface area contributed by atoms with Crippen LogP contribution < -0.4 is 5.32 Å². The van der Waals surface area contributed by atoms with E-state index in [9.17, 15) is 5.26 Å². The molecule has 1 aliphatic rings. The van der Waals surface area contributed by atoms with E-state index >= 15 is 0 Å². The Hall–Kier alpha value is -0.400. The molecule has 0 saturated heterocycles. The highest BCUT2D eigenvalue weighted by molar-refractivity contribution is 7.99. The van der Waals surface area contributed by atoms with E-state index in [0.29, 0.717) is 21.7 Å². The van der Waals surface area contributed by atoms with Crippen molar-refractivity contribution in [2.75, 3.05) is 12.3 Å². The molecule has 1 aromatic rings. The molecule has 1 unspecified atom stereocenters. The highest BCUT2D eigenvalue weighted by Gasteiger charge is 2.45. The summed E-state index contributed by atoms with van der Waals surface area (Å²) in [7, 11) is 0. The Morgan fingerprint density at radius 1 is 1.45 bits per heavy atom. The molecule has 1 aromatic carbocycles. The highest BCUT2D eigenvalue weighted by Crippen LogP contribution is 2.43. The third kappa shape index (κ3) is 3.83. The lowest BCUT2D eigenvalue weighted by Gasteiger charge is -2.27. The summed E-state index contributed by atoms with van der Waals surface area (Å²) in [5, 5.41) is 14.4. The smallest absolute Gasteiger partial charge is 0.119 e. The molecule has 0 spiro atoms. The van der Waals surface area contributed by atoms with Crippen molar-refractivity contribution >= 4 is 35.0 Å². The molecule has 1 fully saturated rings. The summed E-state index contributed by atoms with van der Waals surface area (Å²) in [6, 6.07) is 7.96. The summed E-state index contributed by atoms with van der Waals surface area (Å²) in [5.74, 6) is 1.17. The quantitative estimate of drug-likeness (QED) is 0.733. The molecule has 0 amide bonds. The average Bonchev–Trinajstić information content (AvgIpc) is 3.28. The molecule has 2 nitrogen and oxygen atoms in total. The molecule has 108 valence electrons. The molecule has 5 heteroatoms. The summed E-state index contributed by atoms with van der Waals surface area (Å²) in [6.07, 6.45) is 3.29. The molecule has 1 saturated carbocycles. The predicted molar refractivity (Wildman–Crippen MR) is 86.5 cm³/mol. The largest absolute Gasteiger partial charge is 0.298 e. The number of hydrogen-bond acceptors (Lipinski definition) is 3. The van der Waals surface area contributed by atoms with Crippen LogP contribution in [-0.2, 0) is 0 Å². The van der Waals surface area contributed by atoms with Gasteiger partial charge in [0.05, 0.1) is 11.1 Å². The van der Waals surface area contributed by atoms with E-state index in [-0.39, 0.29) is 0 Å². The number of nitriles is 1. The van der Waals surface area contributed by atoms with E-state index in [1.807, 2.05) is 6.07 Å². The Kier molecular flexibility index (Phi) is 5.63.